The van der Waals surface area contributed by atoms with Crippen LogP contribution in [-0.2, 0) is 0 Å². The van der Waals surface area contributed by atoms with Gasteiger partial charge >= 0.3 is 0 Å². The Hall–Kier alpha value is -0.0400. The van der Waals surface area contributed by atoms with Gasteiger partial charge in [-0.3, -0.25) is 4.90 Å². The zero-order valence-electron chi connectivity index (χ0n) is 7.13. The Balaban J connectivity index is 1.91. The Kier molecular flexibility index (Phi) is 1.31. The largest absolute Gasteiger partial charge is 0.297 e. The molecule has 11 heavy (non-hydrogen) atoms. The molecule has 62 valence electrons. The smallest absolute Gasteiger partial charge is 0.0127 e. The van der Waals surface area contributed by atoms with E-state index in [9.17, 15) is 0 Å². The van der Waals surface area contributed by atoms with Gasteiger partial charge in [-0.25, -0.2) is 0 Å². The molecule has 0 radical (unpaired) electrons. The number of nitrogens with zero attached hydrogens (tertiary/aromatic N) is 1. The van der Waals surface area contributed by atoms with E-state index in [4.69, 9.17) is 0 Å². The maximum atomic E-state index is 2.82. The van der Waals surface area contributed by atoms with Gasteiger partial charge < -0.3 is 0 Å². The van der Waals surface area contributed by atoms with Gasteiger partial charge in [0, 0.05) is 12.1 Å². The molecule has 3 heterocycles. The lowest BCUT2D eigenvalue weighted by molar-refractivity contribution is 0.101. The maximum absolute atomic E-state index is 2.82. The lowest BCUT2D eigenvalue weighted by atomic mass is 9.90. The summed E-state index contributed by atoms with van der Waals surface area (Å²) in [6.07, 6.45) is 9.11. The topological polar surface area (TPSA) is 3.24 Å². The van der Waals surface area contributed by atoms with E-state index < -0.39 is 0 Å². The summed E-state index contributed by atoms with van der Waals surface area (Å²) in [6, 6.07) is 2.05. The minimum atomic E-state index is 1.02. The normalized spacial score (nSPS) is 54.5. The van der Waals surface area contributed by atoms with Crippen molar-refractivity contribution in [2.24, 2.45) is 5.92 Å². The van der Waals surface area contributed by atoms with Crippen LogP contribution in [0.5, 0.6) is 0 Å². The number of hydrogen-bond donors (Lipinski definition) is 0. The van der Waals surface area contributed by atoms with Crippen molar-refractivity contribution in [3.63, 3.8) is 0 Å². The third kappa shape index (κ3) is 0.807. The van der Waals surface area contributed by atoms with Crippen LogP contribution in [0.1, 0.15) is 38.5 Å². The fraction of sp³-hybridized carbons (Fsp3) is 1.00. The summed E-state index contributed by atoms with van der Waals surface area (Å²) in [6.45, 7) is 1.42. The van der Waals surface area contributed by atoms with Crippen LogP contribution in [0.25, 0.3) is 0 Å². The molecule has 0 spiro atoms. The minimum Gasteiger partial charge on any atom is -0.297 e. The Labute approximate surface area is 68.8 Å². The van der Waals surface area contributed by atoms with Crippen LogP contribution >= 0.6 is 0 Å². The number of rotatable bonds is 0. The van der Waals surface area contributed by atoms with Crippen LogP contribution in [0.15, 0.2) is 0 Å². The van der Waals surface area contributed by atoms with E-state index in [1.807, 2.05) is 0 Å². The Bertz CT molecular complexity index is 148. The van der Waals surface area contributed by atoms with Crippen LogP contribution in [-0.4, -0.2) is 23.5 Å². The molecule has 0 aromatic rings. The molecule has 3 aliphatic heterocycles. The zero-order valence-corrected chi connectivity index (χ0v) is 7.13. The summed E-state index contributed by atoms with van der Waals surface area (Å²) >= 11 is 0. The van der Waals surface area contributed by atoms with E-state index in [0.29, 0.717) is 0 Å². The van der Waals surface area contributed by atoms with E-state index in [2.05, 4.69) is 4.90 Å². The molecule has 1 nitrogen and oxygen atoms in total. The highest BCUT2D eigenvalue weighted by Gasteiger charge is 2.44. The number of piperidine rings is 2. The highest BCUT2D eigenvalue weighted by molar-refractivity contribution is 4.99. The summed E-state index contributed by atoms with van der Waals surface area (Å²) in [5, 5.41) is 0. The lowest BCUT2D eigenvalue weighted by Gasteiger charge is -2.38. The summed E-state index contributed by atoms with van der Waals surface area (Å²) in [5.41, 5.74) is 0. The summed E-state index contributed by atoms with van der Waals surface area (Å²) in [5.74, 6) is 1.11. The molecule has 4 bridgehead atoms. The van der Waals surface area contributed by atoms with E-state index in [0.717, 1.165) is 18.0 Å². The fourth-order valence-electron chi connectivity index (χ4n) is 3.63. The van der Waals surface area contributed by atoms with Gasteiger partial charge in [-0.15, -0.1) is 0 Å². The zero-order chi connectivity index (χ0) is 7.26. The van der Waals surface area contributed by atoms with Crippen LogP contribution in [0.4, 0.5) is 0 Å². The van der Waals surface area contributed by atoms with Crippen molar-refractivity contribution in [2.45, 2.75) is 50.6 Å². The van der Waals surface area contributed by atoms with Gasteiger partial charge in [0.1, 0.15) is 0 Å². The number of hydrogen-bond acceptors (Lipinski definition) is 1. The SMILES string of the molecule is C1C[C@H]2C[C@H]3CCCN2[C@H]3C1. The first-order chi connectivity index (χ1) is 5.45. The van der Waals surface area contributed by atoms with Crippen molar-refractivity contribution in [1.29, 1.82) is 0 Å². The molecule has 0 N–H and O–H groups in total. The molecule has 0 aromatic carbocycles. The molecule has 3 rings (SSSR count). The van der Waals surface area contributed by atoms with Crippen molar-refractivity contribution in [2.75, 3.05) is 6.54 Å². The van der Waals surface area contributed by atoms with Gasteiger partial charge in [-0.05, 0) is 44.6 Å². The molecule has 3 aliphatic rings. The maximum Gasteiger partial charge on any atom is 0.0127 e. The van der Waals surface area contributed by atoms with Crippen LogP contribution < -0.4 is 0 Å². The molecule has 0 aromatic heterocycles. The molecule has 3 fully saturated rings. The van der Waals surface area contributed by atoms with Gasteiger partial charge in [0.05, 0.1) is 0 Å². The highest BCUT2D eigenvalue weighted by atomic mass is 15.2. The van der Waals surface area contributed by atoms with Crippen molar-refractivity contribution >= 4 is 0 Å². The van der Waals surface area contributed by atoms with Crippen molar-refractivity contribution in [1.82, 2.24) is 4.90 Å². The van der Waals surface area contributed by atoms with Crippen LogP contribution in [0.3, 0.4) is 0 Å². The molecular formula is C10H17N. The monoisotopic (exact) mass is 151 g/mol. The molecule has 0 aliphatic carbocycles. The van der Waals surface area contributed by atoms with Gasteiger partial charge in [-0.2, -0.15) is 0 Å². The summed E-state index contributed by atoms with van der Waals surface area (Å²) in [4.78, 5) is 2.82. The van der Waals surface area contributed by atoms with Crippen molar-refractivity contribution < 1.29 is 0 Å². The molecular weight excluding hydrogens is 134 g/mol. The van der Waals surface area contributed by atoms with Crippen molar-refractivity contribution in [3.8, 4) is 0 Å². The first-order valence-electron chi connectivity index (χ1n) is 5.21. The van der Waals surface area contributed by atoms with Gasteiger partial charge in [-0.1, -0.05) is 6.42 Å². The predicted octanol–water partition coefficient (Wildman–Crippen LogP) is 2.02. The molecule has 4 atom stereocenters. The van der Waals surface area contributed by atoms with Crippen molar-refractivity contribution in [3.05, 3.63) is 0 Å². The minimum absolute atomic E-state index is 1.02. The Morgan fingerprint density at radius 1 is 1.00 bits per heavy atom. The first kappa shape index (κ1) is 6.47. The Morgan fingerprint density at radius 3 is 2.91 bits per heavy atom. The second kappa shape index (κ2) is 2.22. The quantitative estimate of drug-likeness (QED) is 0.512. The standard InChI is InChI=1S/C10H17N/c1-4-9-7-8-3-2-6-11(9)10(8)5-1/h8-10H,1-7H2/t8-,9+,10+/m1/s1. The highest BCUT2D eigenvalue weighted by Crippen LogP contribution is 2.44. The van der Waals surface area contributed by atoms with Gasteiger partial charge in [0.25, 0.3) is 0 Å². The predicted molar refractivity (Wildman–Crippen MR) is 45.5 cm³/mol. The average Bonchev–Trinajstić information content (AvgIpc) is 2.31. The molecule has 0 amide bonds. The van der Waals surface area contributed by atoms with E-state index >= 15 is 0 Å². The fourth-order valence-corrected chi connectivity index (χ4v) is 3.63. The summed E-state index contributed by atoms with van der Waals surface area (Å²) in [7, 11) is 0. The van der Waals surface area contributed by atoms with E-state index in [1.54, 1.807) is 6.42 Å². The molecule has 1 heteroatoms. The van der Waals surface area contributed by atoms with Gasteiger partial charge in [0.15, 0.2) is 0 Å². The second-order valence-corrected chi connectivity index (χ2v) is 4.53. The summed E-state index contributed by atoms with van der Waals surface area (Å²) < 4.78 is 0. The van der Waals surface area contributed by atoms with Crippen LogP contribution in [0.2, 0.25) is 0 Å². The molecule has 3 saturated heterocycles. The lowest BCUT2D eigenvalue weighted by Crippen LogP contribution is -2.43. The molecule has 1 unspecified atom stereocenters. The first-order valence-corrected chi connectivity index (χ1v) is 5.21. The van der Waals surface area contributed by atoms with Crippen LogP contribution in [0, 0.1) is 5.92 Å². The van der Waals surface area contributed by atoms with E-state index in [1.165, 1.54) is 38.6 Å². The third-order valence-electron chi connectivity index (χ3n) is 4.04. The van der Waals surface area contributed by atoms with E-state index in [-0.39, 0.29) is 0 Å². The second-order valence-electron chi connectivity index (χ2n) is 4.53. The average molecular weight is 151 g/mol. The third-order valence-corrected chi connectivity index (χ3v) is 4.04. The van der Waals surface area contributed by atoms with Gasteiger partial charge in [0.2, 0.25) is 0 Å². The Morgan fingerprint density at radius 2 is 2.00 bits per heavy atom. The molecule has 0 saturated carbocycles.